The predicted molar refractivity (Wildman–Crippen MR) is 97.8 cm³/mol. The van der Waals surface area contributed by atoms with Crippen LogP contribution in [0.15, 0.2) is 58.2 Å². The Bertz CT molecular complexity index is 912. The van der Waals surface area contributed by atoms with Crippen molar-refractivity contribution in [2.45, 2.75) is 24.4 Å². The molecule has 0 amide bonds. The first-order valence-electron chi connectivity index (χ1n) is 7.90. The second-order valence-corrected chi connectivity index (χ2v) is 7.18. The van der Waals surface area contributed by atoms with Gasteiger partial charge in [-0.15, -0.1) is 0 Å². The molecule has 0 aliphatic rings. The summed E-state index contributed by atoms with van der Waals surface area (Å²) in [5, 5.41) is 3.43. The average Bonchev–Trinajstić information content (AvgIpc) is 2.90. The molecule has 6 heteroatoms. The Morgan fingerprint density at radius 2 is 1.88 bits per heavy atom. The van der Waals surface area contributed by atoms with Crippen LogP contribution in [0, 0.1) is 0 Å². The number of fused-ring (bicyclic) bond motifs is 1. The van der Waals surface area contributed by atoms with E-state index in [9.17, 15) is 9.00 Å². The highest BCUT2D eigenvalue weighted by molar-refractivity contribution is 7.84. The molecule has 5 nitrogen and oxygen atoms in total. The van der Waals surface area contributed by atoms with E-state index in [0.29, 0.717) is 13.1 Å². The standard InChI is InChI=1S/C18H21N3O2S/c1-13(14-7-9-15(10-8-14)24(2)23)19-11-12-21-17-6-4-3-5-16(17)20-18(21)22/h3-10,13,19H,11-12H2,1-2H3,(H,20,22)/t13-,24+/m0/s1. The topological polar surface area (TPSA) is 66.9 Å². The first-order chi connectivity index (χ1) is 11.6. The van der Waals surface area contributed by atoms with Gasteiger partial charge in [-0.2, -0.15) is 0 Å². The fraction of sp³-hybridized carbons (Fsp3) is 0.278. The van der Waals surface area contributed by atoms with E-state index in [2.05, 4.69) is 17.2 Å². The van der Waals surface area contributed by atoms with Gasteiger partial charge < -0.3 is 10.3 Å². The molecule has 2 N–H and O–H groups in total. The number of hydrogen-bond acceptors (Lipinski definition) is 3. The van der Waals surface area contributed by atoms with Crippen molar-refractivity contribution in [2.24, 2.45) is 0 Å². The van der Waals surface area contributed by atoms with E-state index >= 15 is 0 Å². The summed E-state index contributed by atoms with van der Waals surface area (Å²) in [6.07, 6.45) is 1.68. The predicted octanol–water partition coefficient (Wildman–Crippen LogP) is 2.42. The van der Waals surface area contributed by atoms with Crippen molar-refractivity contribution >= 4 is 21.8 Å². The third-order valence-electron chi connectivity index (χ3n) is 4.18. The van der Waals surface area contributed by atoms with Gasteiger partial charge in [-0.05, 0) is 36.8 Å². The number of hydrogen-bond donors (Lipinski definition) is 2. The van der Waals surface area contributed by atoms with Crippen LogP contribution in [0.5, 0.6) is 0 Å². The van der Waals surface area contributed by atoms with Gasteiger partial charge in [0.1, 0.15) is 0 Å². The first-order valence-corrected chi connectivity index (χ1v) is 9.46. The van der Waals surface area contributed by atoms with Gasteiger partial charge in [-0.3, -0.25) is 8.78 Å². The molecular formula is C18H21N3O2S. The molecule has 0 aliphatic heterocycles. The molecule has 0 unspecified atom stereocenters. The van der Waals surface area contributed by atoms with Crippen LogP contribution in [0.2, 0.25) is 0 Å². The van der Waals surface area contributed by atoms with E-state index in [1.54, 1.807) is 10.8 Å². The number of para-hydroxylation sites is 2. The quantitative estimate of drug-likeness (QED) is 0.722. The lowest BCUT2D eigenvalue weighted by Gasteiger charge is -2.15. The lowest BCUT2D eigenvalue weighted by Crippen LogP contribution is -2.27. The van der Waals surface area contributed by atoms with Crippen LogP contribution in [0.4, 0.5) is 0 Å². The van der Waals surface area contributed by atoms with Crippen molar-refractivity contribution in [3.63, 3.8) is 0 Å². The molecule has 0 aliphatic carbocycles. The molecule has 2 atom stereocenters. The molecule has 2 aromatic carbocycles. The van der Waals surface area contributed by atoms with Crippen LogP contribution >= 0.6 is 0 Å². The molecule has 126 valence electrons. The Balaban J connectivity index is 1.64. The van der Waals surface area contributed by atoms with Gasteiger partial charge in [0.05, 0.1) is 11.0 Å². The Morgan fingerprint density at radius 3 is 2.58 bits per heavy atom. The molecule has 0 radical (unpaired) electrons. The van der Waals surface area contributed by atoms with Crippen molar-refractivity contribution in [1.82, 2.24) is 14.9 Å². The van der Waals surface area contributed by atoms with Gasteiger partial charge in [0.2, 0.25) is 0 Å². The van der Waals surface area contributed by atoms with Crippen molar-refractivity contribution in [3.8, 4) is 0 Å². The van der Waals surface area contributed by atoms with E-state index < -0.39 is 10.8 Å². The molecule has 1 heterocycles. The molecule has 0 fully saturated rings. The minimum absolute atomic E-state index is 0.0829. The van der Waals surface area contributed by atoms with Gasteiger partial charge in [0.15, 0.2) is 0 Å². The molecule has 0 spiro atoms. The average molecular weight is 343 g/mol. The summed E-state index contributed by atoms with van der Waals surface area (Å²) >= 11 is 0. The third kappa shape index (κ3) is 3.49. The van der Waals surface area contributed by atoms with Gasteiger partial charge in [0.25, 0.3) is 0 Å². The summed E-state index contributed by atoms with van der Waals surface area (Å²) in [7, 11) is -0.954. The molecule has 24 heavy (non-hydrogen) atoms. The number of benzene rings is 2. The van der Waals surface area contributed by atoms with E-state index in [0.717, 1.165) is 21.5 Å². The number of rotatable bonds is 6. The summed E-state index contributed by atoms with van der Waals surface area (Å²) in [4.78, 5) is 15.7. The normalized spacial score (nSPS) is 13.9. The Labute approximate surface area is 143 Å². The van der Waals surface area contributed by atoms with Crippen LogP contribution < -0.4 is 11.0 Å². The zero-order chi connectivity index (χ0) is 17.1. The maximum atomic E-state index is 12.0. The SMILES string of the molecule is C[C@H](NCCn1c(=O)[nH]c2ccccc21)c1ccc([S@@](C)=O)cc1. The summed E-state index contributed by atoms with van der Waals surface area (Å²) < 4.78 is 13.2. The van der Waals surface area contributed by atoms with Gasteiger partial charge >= 0.3 is 5.69 Å². The number of nitrogens with one attached hydrogen (secondary N) is 2. The maximum absolute atomic E-state index is 12.0. The zero-order valence-electron chi connectivity index (χ0n) is 13.8. The van der Waals surface area contributed by atoms with E-state index in [4.69, 9.17) is 0 Å². The number of aromatic amines is 1. The lowest BCUT2D eigenvalue weighted by atomic mass is 10.1. The lowest BCUT2D eigenvalue weighted by molar-refractivity contribution is 0.530. The van der Waals surface area contributed by atoms with Gasteiger partial charge in [-0.25, -0.2) is 4.79 Å². The van der Waals surface area contributed by atoms with E-state index in [1.807, 2.05) is 48.5 Å². The molecule has 0 saturated carbocycles. The summed E-state index contributed by atoms with van der Waals surface area (Å²) in [5.41, 5.74) is 2.83. The highest BCUT2D eigenvalue weighted by atomic mass is 32.2. The summed E-state index contributed by atoms with van der Waals surface area (Å²) in [5.74, 6) is 0. The fourth-order valence-electron chi connectivity index (χ4n) is 2.79. The Kier molecular flexibility index (Phi) is 4.97. The summed E-state index contributed by atoms with van der Waals surface area (Å²) in [6, 6.07) is 15.6. The van der Waals surface area contributed by atoms with Gasteiger partial charge in [-0.1, -0.05) is 24.3 Å². The third-order valence-corrected chi connectivity index (χ3v) is 5.12. The van der Waals surface area contributed by atoms with E-state index in [-0.39, 0.29) is 11.7 Å². The monoisotopic (exact) mass is 343 g/mol. The van der Waals surface area contributed by atoms with Gasteiger partial charge in [0, 0.05) is 41.1 Å². The zero-order valence-corrected chi connectivity index (χ0v) is 14.6. The number of H-pyrrole nitrogens is 1. The van der Waals surface area contributed by atoms with Crippen molar-refractivity contribution < 1.29 is 4.21 Å². The van der Waals surface area contributed by atoms with Crippen LogP contribution in [0.25, 0.3) is 11.0 Å². The Hall–Kier alpha value is -2.18. The van der Waals surface area contributed by atoms with E-state index in [1.165, 1.54) is 0 Å². The second kappa shape index (κ2) is 7.15. The van der Waals surface area contributed by atoms with Crippen LogP contribution in [0.3, 0.4) is 0 Å². The second-order valence-electron chi connectivity index (χ2n) is 5.80. The fourth-order valence-corrected chi connectivity index (χ4v) is 3.31. The number of imidazole rings is 1. The largest absolute Gasteiger partial charge is 0.326 e. The number of aromatic nitrogens is 2. The molecule has 1 aromatic heterocycles. The van der Waals surface area contributed by atoms with Crippen LogP contribution in [0.1, 0.15) is 18.5 Å². The highest BCUT2D eigenvalue weighted by Crippen LogP contribution is 2.15. The molecule has 0 bridgehead atoms. The molecule has 0 saturated heterocycles. The van der Waals surface area contributed by atoms with Crippen LogP contribution in [-0.2, 0) is 17.3 Å². The highest BCUT2D eigenvalue weighted by Gasteiger charge is 2.08. The molecule has 3 aromatic rings. The Morgan fingerprint density at radius 1 is 1.17 bits per heavy atom. The minimum atomic E-state index is -0.954. The number of nitrogens with zero attached hydrogens (tertiary/aromatic N) is 1. The van der Waals surface area contributed by atoms with Crippen molar-refractivity contribution in [2.75, 3.05) is 12.8 Å². The minimum Gasteiger partial charge on any atom is -0.308 e. The van der Waals surface area contributed by atoms with Crippen molar-refractivity contribution in [3.05, 3.63) is 64.6 Å². The summed E-state index contributed by atoms with van der Waals surface area (Å²) in [6.45, 7) is 3.37. The maximum Gasteiger partial charge on any atom is 0.326 e. The molecule has 3 rings (SSSR count). The van der Waals surface area contributed by atoms with Crippen LogP contribution in [-0.4, -0.2) is 26.6 Å². The molecular weight excluding hydrogens is 322 g/mol. The first kappa shape index (κ1) is 16.7. The smallest absolute Gasteiger partial charge is 0.308 e. The van der Waals surface area contributed by atoms with Crippen molar-refractivity contribution in [1.29, 1.82) is 0 Å².